The molecule has 4 aromatic carbocycles. The molecular weight excluding hydrogens is 945 g/mol. The van der Waals surface area contributed by atoms with E-state index in [1.807, 2.05) is 13.8 Å². The molecule has 4 aromatic rings. The minimum atomic E-state index is -6.25. The second-order valence-corrected chi connectivity index (χ2v) is 48.6. The normalized spacial score (nSPS) is 16.5. The van der Waals surface area contributed by atoms with Gasteiger partial charge in [-0.15, -0.1) is 0 Å². The Labute approximate surface area is 369 Å². The maximum atomic E-state index is 13.9. The van der Waals surface area contributed by atoms with Crippen LogP contribution in [0.4, 0.5) is 0 Å². The molecule has 0 bridgehead atoms. The van der Waals surface area contributed by atoms with Crippen LogP contribution in [-0.2, 0) is 38.3 Å². The number of rotatable bonds is 19. The number of hydrogen-bond donors (Lipinski definition) is 2. The monoisotopic (exact) mass is 1010 g/mol. The fourth-order valence-corrected chi connectivity index (χ4v) is 39.6. The standard InChI is InChI=1S/2C23H27.C6H11BN2O2.2ClH.Hf/c2*1-4-5-9-19-10-6-7-12-21(19)22-13-8-11-20-15-18(14-17(2)3)16-23(20)22;1-3-5(10)8-7-9-6(11)4-2;;;/h2*6-8,10-13,15-17H,4-5,9,14H2,1-3H3;3-4H2,1-2H3,(H-,8,9,10,11);2*1H;/q;;;;;+1/p-1. The van der Waals surface area contributed by atoms with E-state index in [0.29, 0.717) is 11.8 Å². The Balaban J connectivity index is 1.71. The number of carbonyl (C=O) groups is 2. The molecule has 6 rings (SSSR count). The first-order valence-electron chi connectivity index (χ1n) is 22.8. The van der Waals surface area contributed by atoms with E-state index in [-0.39, 0.29) is 24.7 Å². The Kier molecular flexibility index (Phi) is 15.4. The van der Waals surface area contributed by atoms with Gasteiger partial charge in [-0.25, -0.2) is 0 Å². The molecule has 2 amide bonds. The van der Waals surface area contributed by atoms with Crippen molar-refractivity contribution >= 4 is 45.7 Å². The van der Waals surface area contributed by atoms with E-state index in [4.69, 9.17) is 17.2 Å². The number of aryl methyl sites for hydroxylation is 2. The summed E-state index contributed by atoms with van der Waals surface area (Å²) in [7, 11) is 18.1. The van der Waals surface area contributed by atoms with Crippen molar-refractivity contribution in [3.63, 3.8) is 0 Å². The van der Waals surface area contributed by atoms with Gasteiger partial charge in [0.15, 0.2) is 0 Å². The topological polar surface area (TPSA) is 58.2 Å². The quantitative estimate of drug-likeness (QED) is 0.0920. The van der Waals surface area contributed by atoms with Gasteiger partial charge in [-0.05, 0) is 0 Å². The summed E-state index contributed by atoms with van der Waals surface area (Å²) in [6.45, 7) is 17.2. The molecule has 2 aliphatic carbocycles. The van der Waals surface area contributed by atoms with Crippen molar-refractivity contribution in [1.29, 1.82) is 0 Å². The number of unbranched alkanes of at least 4 members (excludes halogenated alkanes) is 2. The molecule has 0 saturated heterocycles. The van der Waals surface area contributed by atoms with Crippen molar-refractivity contribution in [2.24, 2.45) is 11.8 Å². The first-order valence-corrected chi connectivity index (χ1v) is 37.9. The van der Waals surface area contributed by atoms with Crippen molar-refractivity contribution in [2.75, 3.05) is 0 Å². The molecule has 0 radical (unpaired) electrons. The molecule has 60 heavy (non-hydrogen) atoms. The van der Waals surface area contributed by atoms with Crippen LogP contribution in [-0.4, -0.2) is 16.4 Å². The van der Waals surface area contributed by atoms with Gasteiger partial charge in [0.05, 0.1) is 0 Å². The van der Waals surface area contributed by atoms with E-state index in [2.05, 4.69) is 149 Å². The van der Waals surface area contributed by atoms with Crippen molar-refractivity contribution < 1.29 is 25.5 Å². The Bertz CT molecular complexity index is 2110. The van der Waals surface area contributed by atoms with Crippen LogP contribution in [0.5, 0.6) is 0 Å². The molecule has 4 nitrogen and oxygen atoms in total. The fourth-order valence-electron chi connectivity index (χ4n) is 10.1. The van der Waals surface area contributed by atoms with Crippen molar-refractivity contribution in [2.45, 2.75) is 127 Å². The summed E-state index contributed by atoms with van der Waals surface area (Å²) >= 11 is -6.25. The molecule has 2 atom stereocenters. The molecule has 2 N–H and O–H groups in total. The molecule has 0 heterocycles. The zero-order valence-corrected chi connectivity index (χ0v) is 42.4. The molecule has 8 heteroatoms. The fraction of sp³-hybridized carbons (Fsp3) is 0.423. The van der Waals surface area contributed by atoms with Crippen LogP contribution < -0.4 is 10.5 Å². The van der Waals surface area contributed by atoms with Crippen molar-refractivity contribution in [3.8, 4) is 22.3 Å². The van der Waals surface area contributed by atoms with Gasteiger partial charge in [-0.1, -0.05) is 0 Å². The number of nitrogens with one attached hydrogen (secondary N) is 2. The van der Waals surface area contributed by atoms with Crippen LogP contribution in [0.3, 0.4) is 0 Å². The number of fused-ring (bicyclic) bond motifs is 2. The number of amides is 2. The summed E-state index contributed by atoms with van der Waals surface area (Å²) in [6, 6.07) is 30.9. The van der Waals surface area contributed by atoms with Gasteiger partial charge in [0.2, 0.25) is 0 Å². The molecule has 0 fully saturated rings. The second-order valence-electron chi connectivity index (χ2n) is 18.1. The number of allylic oxidation sites excluding steroid dienone is 2. The number of benzene rings is 4. The Hall–Kier alpha value is -3.18. The van der Waals surface area contributed by atoms with Gasteiger partial charge in [0.1, 0.15) is 0 Å². The maximum absolute atomic E-state index is 13.9. The van der Waals surface area contributed by atoms with E-state index in [0.717, 1.165) is 73.6 Å². The molecular formula is C52H66BCl2HfN2O2. The summed E-state index contributed by atoms with van der Waals surface area (Å²) < 4.78 is -1.72. The zero-order chi connectivity index (χ0) is 43.2. The van der Waals surface area contributed by atoms with E-state index in [1.54, 1.807) is 0 Å². The van der Waals surface area contributed by atoms with E-state index in [9.17, 15) is 9.59 Å². The molecule has 0 spiro atoms. The van der Waals surface area contributed by atoms with Gasteiger partial charge < -0.3 is 0 Å². The van der Waals surface area contributed by atoms with Gasteiger partial charge >= 0.3 is 372 Å². The van der Waals surface area contributed by atoms with Crippen LogP contribution in [0, 0.1) is 11.8 Å². The molecule has 317 valence electrons. The van der Waals surface area contributed by atoms with E-state index in [1.165, 1.54) is 44.5 Å². The third kappa shape index (κ3) is 9.28. The number of hydrogen-bond acceptors (Lipinski definition) is 2. The summed E-state index contributed by atoms with van der Waals surface area (Å²) in [6.07, 6.45) is 13.3. The third-order valence-electron chi connectivity index (χ3n) is 12.7. The van der Waals surface area contributed by atoms with Crippen LogP contribution in [0.2, 0.25) is 0 Å². The Morgan fingerprint density at radius 1 is 0.583 bits per heavy atom. The second kappa shape index (κ2) is 19.9. The molecule has 2 unspecified atom stereocenters. The van der Waals surface area contributed by atoms with Gasteiger partial charge in [-0.3, -0.25) is 0 Å². The zero-order valence-electron chi connectivity index (χ0n) is 37.3. The SMILES string of the molecule is CCCCc1ccccc1-c1cccc2c1C=C(CC(C)C)[CH]2[Hf]([Cl])([Cl])([B](NC(=O)CC)NC(=O)CC)[CH]1C(CC(C)C)=Cc2c(-c3ccccc3CCCC)cccc21. The van der Waals surface area contributed by atoms with Gasteiger partial charge in [0, 0.05) is 0 Å². The summed E-state index contributed by atoms with van der Waals surface area (Å²) in [5.74, 6) is 0.254. The Morgan fingerprint density at radius 2 is 0.967 bits per heavy atom. The number of carbonyl (C=O) groups excluding carboxylic acids is 2. The summed E-state index contributed by atoms with van der Waals surface area (Å²) in [5.41, 5.74) is 14.4. The Morgan fingerprint density at radius 3 is 1.33 bits per heavy atom. The molecule has 0 aromatic heterocycles. The average Bonchev–Trinajstić information content (AvgIpc) is 3.80. The summed E-state index contributed by atoms with van der Waals surface area (Å²) in [4.78, 5) is 27.7. The van der Waals surface area contributed by atoms with Gasteiger partial charge in [-0.2, -0.15) is 0 Å². The average molecular weight is 1010 g/mol. The molecule has 2 aliphatic rings. The van der Waals surface area contributed by atoms with Crippen LogP contribution in [0.1, 0.15) is 147 Å². The van der Waals surface area contributed by atoms with Crippen LogP contribution in [0.15, 0.2) is 96.1 Å². The first kappa shape index (κ1) is 46.3. The third-order valence-corrected chi connectivity index (χ3v) is 41.3. The van der Waals surface area contributed by atoms with E-state index < -0.39 is 27.8 Å². The van der Waals surface area contributed by atoms with Crippen LogP contribution >= 0.6 is 17.2 Å². The number of halogens is 2. The predicted octanol–water partition coefficient (Wildman–Crippen LogP) is 14.4. The van der Waals surface area contributed by atoms with Gasteiger partial charge in [0.25, 0.3) is 0 Å². The predicted molar refractivity (Wildman–Crippen MR) is 256 cm³/mol. The summed E-state index contributed by atoms with van der Waals surface area (Å²) in [5, 5.41) is 6.68. The van der Waals surface area contributed by atoms with Crippen molar-refractivity contribution in [3.05, 3.63) is 129 Å². The van der Waals surface area contributed by atoms with Crippen LogP contribution in [0.25, 0.3) is 34.4 Å². The van der Waals surface area contributed by atoms with E-state index >= 15 is 0 Å². The first-order chi connectivity index (χ1) is 28.8. The minimum absolute atomic E-state index is 0.182. The van der Waals surface area contributed by atoms with Crippen molar-refractivity contribution in [1.82, 2.24) is 10.5 Å². The molecule has 0 aliphatic heterocycles. The molecule has 0 saturated carbocycles.